The minimum atomic E-state index is -1.09. The fourth-order valence-electron chi connectivity index (χ4n) is 2.71. The van der Waals surface area contributed by atoms with Gasteiger partial charge in [0.05, 0.1) is 11.2 Å². The molecule has 0 spiro atoms. The Morgan fingerprint density at radius 3 is 2.58 bits per heavy atom. The van der Waals surface area contributed by atoms with E-state index in [-0.39, 0.29) is 0 Å². The quantitative estimate of drug-likeness (QED) is 0.360. The van der Waals surface area contributed by atoms with Gasteiger partial charge in [0.15, 0.2) is 0 Å². The van der Waals surface area contributed by atoms with Gasteiger partial charge in [-0.1, -0.05) is 56.0 Å². The van der Waals surface area contributed by atoms with Crippen LogP contribution in [0, 0.1) is 0 Å². The van der Waals surface area contributed by atoms with Gasteiger partial charge in [0.1, 0.15) is 6.73 Å². The van der Waals surface area contributed by atoms with E-state index in [4.69, 9.17) is 15.6 Å². The van der Waals surface area contributed by atoms with Crippen molar-refractivity contribution in [2.24, 2.45) is 0 Å². The molecule has 136 valence electrons. The van der Waals surface area contributed by atoms with E-state index in [1.807, 2.05) is 47.2 Å². The first kappa shape index (κ1) is 18.4. The zero-order valence-electron chi connectivity index (χ0n) is 15.8. The number of fused-ring (bicyclic) bond motifs is 1. The van der Waals surface area contributed by atoms with Gasteiger partial charge >= 0.3 is 0 Å². The van der Waals surface area contributed by atoms with Gasteiger partial charge in [0.25, 0.3) is 0 Å². The summed E-state index contributed by atoms with van der Waals surface area (Å²) in [5.41, 5.74) is 9.80. The van der Waals surface area contributed by atoms with E-state index in [1.54, 1.807) is 0 Å². The molecule has 0 atom stereocenters. The van der Waals surface area contributed by atoms with Crippen LogP contribution in [0.15, 0.2) is 48.5 Å². The van der Waals surface area contributed by atoms with Crippen molar-refractivity contribution in [3.05, 3.63) is 59.8 Å². The summed E-state index contributed by atoms with van der Waals surface area (Å²) >= 11 is 0. The molecular formula is C21H27N3OSi. The van der Waals surface area contributed by atoms with Gasteiger partial charge < -0.3 is 10.5 Å². The Hall–Kier alpha value is -2.37. The number of rotatable bonds is 7. The highest BCUT2D eigenvalue weighted by Gasteiger charge is 2.13. The van der Waals surface area contributed by atoms with Crippen LogP contribution in [0.2, 0.25) is 25.7 Å². The first-order valence-corrected chi connectivity index (χ1v) is 12.7. The first-order chi connectivity index (χ1) is 12.4. The third-order valence-corrected chi connectivity index (χ3v) is 5.95. The lowest BCUT2D eigenvalue weighted by Crippen LogP contribution is -2.22. The summed E-state index contributed by atoms with van der Waals surface area (Å²) in [5.74, 6) is 0. The third kappa shape index (κ3) is 4.83. The molecule has 3 aromatic rings. The third-order valence-electron chi connectivity index (χ3n) is 4.25. The summed E-state index contributed by atoms with van der Waals surface area (Å²) in [6.45, 7) is 8.28. The lowest BCUT2D eigenvalue weighted by atomic mass is 10.1. The summed E-state index contributed by atoms with van der Waals surface area (Å²) < 4.78 is 7.79. The zero-order valence-corrected chi connectivity index (χ0v) is 16.8. The molecule has 0 aliphatic heterocycles. The topological polar surface area (TPSA) is 53.1 Å². The average molecular weight is 366 g/mol. The lowest BCUT2D eigenvalue weighted by Gasteiger charge is -2.15. The minimum absolute atomic E-state index is 0.448. The maximum absolute atomic E-state index is 5.98. The molecule has 5 heteroatoms. The van der Waals surface area contributed by atoms with Crippen LogP contribution in [0.4, 0.5) is 5.69 Å². The molecule has 0 amide bonds. The maximum Gasteiger partial charge on any atom is 0.140 e. The Morgan fingerprint density at radius 2 is 1.85 bits per heavy atom. The van der Waals surface area contributed by atoms with Crippen molar-refractivity contribution in [1.29, 1.82) is 0 Å². The van der Waals surface area contributed by atoms with Crippen LogP contribution >= 0.6 is 0 Å². The Bertz CT molecular complexity index is 895. The SMILES string of the molecule is C[Si](C)(C)CCOCn1nc(C=Cc2ccccc2)c2ccc(N)cc21. The highest BCUT2D eigenvalue weighted by atomic mass is 28.3. The van der Waals surface area contributed by atoms with Crippen LogP contribution < -0.4 is 5.73 Å². The van der Waals surface area contributed by atoms with E-state index in [0.717, 1.165) is 40.5 Å². The first-order valence-electron chi connectivity index (χ1n) is 8.99. The molecule has 0 fully saturated rings. The van der Waals surface area contributed by atoms with Crippen molar-refractivity contribution in [2.45, 2.75) is 32.4 Å². The summed E-state index contributed by atoms with van der Waals surface area (Å²) in [4.78, 5) is 0. The number of nitrogens with zero attached hydrogens (tertiary/aromatic N) is 2. The molecule has 0 bridgehead atoms. The molecule has 26 heavy (non-hydrogen) atoms. The monoisotopic (exact) mass is 365 g/mol. The molecule has 0 unspecified atom stereocenters. The number of benzene rings is 2. The fourth-order valence-corrected chi connectivity index (χ4v) is 3.46. The number of nitrogens with two attached hydrogens (primary N) is 1. The van der Waals surface area contributed by atoms with Gasteiger partial charge in [-0.3, -0.25) is 0 Å². The summed E-state index contributed by atoms with van der Waals surface area (Å²) in [7, 11) is -1.09. The average Bonchev–Trinajstić information content (AvgIpc) is 2.94. The summed E-state index contributed by atoms with van der Waals surface area (Å²) in [6, 6.07) is 17.3. The van der Waals surface area contributed by atoms with Crippen molar-refractivity contribution in [2.75, 3.05) is 12.3 Å². The highest BCUT2D eigenvalue weighted by Crippen LogP contribution is 2.23. The smallest absolute Gasteiger partial charge is 0.140 e. The van der Waals surface area contributed by atoms with E-state index >= 15 is 0 Å². The van der Waals surface area contributed by atoms with Crippen LogP contribution in [0.3, 0.4) is 0 Å². The van der Waals surface area contributed by atoms with Crippen LogP contribution in [-0.4, -0.2) is 24.5 Å². The number of hydrogen-bond donors (Lipinski definition) is 1. The van der Waals surface area contributed by atoms with E-state index in [9.17, 15) is 0 Å². The van der Waals surface area contributed by atoms with Gasteiger partial charge in [0, 0.05) is 25.8 Å². The molecule has 0 saturated heterocycles. The molecule has 3 rings (SSSR count). The number of hydrogen-bond acceptors (Lipinski definition) is 3. The Balaban J connectivity index is 1.82. The Kier molecular flexibility index (Phi) is 5.59. The van der Waals surface area contributed by atoms with Gasteiger partial charge in [-0.2, -0.15) is 5.10 Å². The predicted molar refractivity (Wildman–Crippen MR) is 114 cm³/mol. The number of aromatic nitrogens is 2. The van der Waals surface area contributed by atoms with Crippen molar-refractivity contribution in [3.63, 3.8) is 0 Å². The van der Waals surface area contributed by atoms with E-state index in [0.29, 0.717) is 6.73 Å². The van der Waals surface area contributed by atoms with Crippen molar-refractivity contribution < 1.29 is 4.74 Å². The Labute approximate surface area is 156 Å². The fraction of sp³-hybridized carbons (Fsp3) is 0.286. The van der Waals surface area contributed by atoms with Crippen LogP contribution in [-0.2, 0) is 11.5 Å². The lowest BCUT2D eigenvalue weighted by molar-refractivity contribution is 0.0816. The van der Waals surface area contributed by atoms with Gasteiger partial charge in [0.2, 0.25) is 0 Å². The molecule has 1 aromatic heterocycles. The van der Waals surface area contributed by atoms with Crippen molar-refractivity contribution in [1.82, 2.24) is 9.78 Å². The van der Waals surface area contributed by atoms with Crippen LogP contribution in [0.5, 0.6) is 0 Å². The molecule has 0 aliphatic carbocycles. The molecule has 0 radical (unpaired) electrons. The molecule has 1 heterocycles. The second kappa shape index (κ2) is 7.89. The predicted octanol–water partition coefficient (Wildman–Crippen LogP) is 5.10. The largest absolute Gasteiger partial charge is 0.399 e. The minimum Gasteiger partial charge on any atom is -0.399 e. The molecule has 2 N–H and O–H groups in total. The van der Waals surface area contributed by atoms with Gasteiger partial charge in [-0.15, -0.1) is 0 Å². The van der Waals surface area contributed by atoms with Gasteiger partial charge in [-0.05, 0) is 35.9 Å². The van der Waals surface area contributed by atoms with Gasteiger partial charge in [-0.25, -0.2) is 4.68 Å². The Morgan fingerprint density at radius 1 is 1.08 bits per heavy atom. The van der Waals surface area contributed by atoms with Crippen LogP contribution in [0.1, 0.15) is 11.3 Å². The van der Waals surface area contributed by atoms with Crippen molar-refractivity contribution >= 4 is 36.8 Å². The molecule has 2 aromatic carbocycles. The molecule has 0 saturated carbocycles. The van der Waals surface area contributed by atoms with E-state index in [1.165, 1.54) is 0 Å². The number of ether oxygens (including phenoxy) is 1. The standard InChI is InChI=1S/C21H27N3OSi/c1-26(2,3)14-13-25-16-24-21-15-18(22)10-11-19(21)20(23-24)12-9-17-7-5-4-6-8-17/h4-12,15H,13-14,16,22H2,1-3H3. The second-order valence-electron chi connectivity index (χ2n) is 7.75. The molecule has 4 nitrogen and oxygen atoms in total. The normalized spacial score (nSPS) is 12.3. The maximum atomic E-state index is 5.98. The summed E-state index contributed by atoms with van der Waals surface area (Å²) in [5, 5.41) is 5.82. The van der Waals surface area contributed by atoms with Crippen molar-refractivity contribution in [3.8, 4) is 0 Å². The zero-order chi connectivity index (χ0) is 18.6. The van der Waals surface area contributed by atoms with Crippen LogP contribution in [0.25, 0.3) is 23.1 Å². The van der Waals surface area contributed by atoms with E-state index in [2.05, 4.69) is 37.8 Å². The highest BCUT2D eigenvalue weighted by molar-refractivity contribution is 6.76. The summed E-state index contributed by atoms with van der Waals surface area (Å²) in [6.07, 6.45) is 4.13. The van der Waals surface area contributed by atoms with E-state index < -0.39 is 8.07 Å². The second-order valence-corrected chi connectivity index (χ2v) is 13.4. The molecular weight excluding hydrogens is 338 g/mol. The number of nitrogen functional groups attached to an aromatic ring is 1. The molecule has 0 aliphatic rings. The number of anilines is 1.